The van der Waals surface area contributed by atoms with Crippen LogP contribution in [0.1, 0.15) is 25.8 Å². The van der Waals surface area contributed by atoms with Crippen molar-refractivity contribution in [1.82, 2.24) is 10.2 Å². The molecule has 0 unspecified atom stereocenters. The lowest BCUT2D eigenvalue weighted by atomic mass is 10.2. The van der Waals surface area contributed by atoms with Crippen LogP contribution in [0.5, 0.6) is 5.75 Å². The Bertz CT molecular complexity index is 409. The van der Waals surface area contributed by atoms with Gasteiger partial charge < -0.3 is 15.0 Å². The molecule has 20 heavy (non-hydrogen) atoms. The van der Waals surface area contributed by atoms with Crippen molar-refractivity contribution in [2.24, 2.45) is 0 Å². The Balaban J connectivity index is 2.42. The highest BCUT2D eigenvalue weighted by molar-refractivity contribution is 6.35. The van der Waals surface area contributed by atoms with E-state index in [2.05, 4.69) is 24.1 Å². The second-order valence-electron chi connectivity index (χ2n) is 4.64. The lowest BCUT2D eigenvalue weighted by Gasteiger charge is -2.18. The second kappa shape index (κ2) is 9.46. The van der Waals surface area contributed by atoms with Crippen LogP contribution < -0.4 is 10.1 Å². The number of ether oxygens (including phenoxy) is 1. The van der Waals surface area contributed by atoms with Crippen molar-refractivity contribution in [1.29, 1.82) is 0 Å². The average Bonchev–Trinajstić information content (AvgIpc) is 2.42. The maximum Gasteiger partial charge on any atom is 0.142 e. The summed E-state index contributed by atoms with van der Waals surface area (Å²) in [6.07, 6.45) is 1.12. The predicted molar refractivity (Wildman–Crippen MR) is 87.1 cm³/mol. The molecule has 0 saturated heterocycles. The molecule has 0 aliphatic heterocycles. The molecule has 114 valence electrons. The van der Waals surface area contributed by atoms with Gasteiger partial charge in [0.2, 0.25) is 0 Å². The van der Waals surface area contributed by atoms with Crippen molar-refractivity contribution in [3.63, 3.8) is 0 Å². The van der Waals surface area contributed by atoms with Gasteiger partial charge in [-0.15, -0.1) is 0 Å². The van der Waals surface area contributed by atoms with E-state index in [-0.39, 0.29) is 0 Å². The molecule has 0 bridgehead atoms. The summed E-state index contributed by atoms with van der Waals surface area (Å²) in [6, 6.07) is 3.59. The van der Waals surface area contributed by atoms with Gasteiger partial charge in [0.1, 0.15) is 5.75 Å². The maximum absolute atomic E-state index is 6.11. The summed E-state index contributed by atoms with van der Waals surface area (Å²) in [7, 11) is 1.62. The van der Waals surface area contributed by atoms with Gasteiger partial charge in [-0.1, -0.05) is 37.0 Å². The molecular weight excluding hydrogens is 295 g/mol. The molecule has 0 heterocycles. The highest BCUT2D eigenvalue weighted by Crippen LogP contribution is 2.31. The Morgan fingerprint density at radius 3 is 2.50 bits per heavy atom. The normalized spacial score (nSPS) is 11.1. The fourth-order valence-corrected chi connectivity index (χ4v) is 2.78. The fourth-order valence-electron chi connectivity index (χ4n) is 2.16. The number of nitrogens with zero attached hydrogens (tertiary/aromatic N) is 1. The number of rotatable bonds is 9. The first-order valence-corrected chi connectivity index (χ1v) is 7.82. The van der Waals surface area contributed by atoms with E-state index in [1.807, 2.05) is 6.07 Å². The van der Waals surface area contributed by atoms with Crippen molar-refractivity contribution >= 4 is 23.2 Å². The predicted octanol–water partition coefficient (Wildman–Crippen LogP) is 3.82. The quantitative estimate of drug-likeness (QED) is 0.700. The van der Waals surface area contributed by atoms with Crippen LogP contribution in [0.4, 0.5) is 0 Å². The van der Waals surface area contributed by atoms with E-state index < -0.39 is 0 Å². The highest BCUT2D eigenvalue weighted by Gasteiger charge is 2.09. The third-order valence-electron chi connectivity index (χ3n) is 3.33. The second-order valence-corrected chi connectivity index (χ2v) is 5.48. The monoisotopic (exact) mass is 318 g/mol. The summed E-state index contributed by atoms with van der Waals surface area (Å²) >= 11 is 12.1. The lowest BCUT2D eigenvalue weighted by Crippen LogP contribution is -2.27. The van der Waals surface area contributed by atoms with Gasteiger partial charge in [0.15, 0.2) is 0 Å². The fraction of sp³-hybridized carbons (Fsp3) is 0.600. The van der Waals surface area contributed by atoms with Gasteiger partial charge in [0.05, 0.1) is 12.1 Å². The van der Waals surface area contributed by atoms with Crippen LogP contribution in [0.2, 0.25) is 10.0 Å². The molecule has 1 rings (SSSR count). The van der Waals surface area contributed by atoms with Crippen molar-refractivity contribution < 1.29 is 4.74 Å². The van der Waals surface area contributed by atoms with Crippen LogP contribution in [0, 0.1) is 0 Å². The van der Waals surface area contributed by atoms with E-state index in [0.29, 0.717) is 22.3 Å². The molecule has 0 aromatic heterocycles. The van der Waals surface area contributed by atoms with Gasteiger partial charge in [-0.05, 0) is 44.7 Å². The van der Waals surface area contributed by atoms with Crippen molar-refractivity contribution in [2.45, 2.75) is 26.8 Å². The minimum Gasteiger partial charge on any atom is -0.495 e. The number of benzene rings is 1. The number of halogens is 2. The van der Waals surface area contributed by atoms with Crippen LogP contribution >= 0.6 is 23.2 Å². The Morgan fingerprint density at radius 1 is 1.20 bits per heavy atom. The number of methoxy groups -OCH3 is 1. The molecule has 1 aromatic rings. The van der Waals surface area contributed by atoms with Crippen molar-refractivity contribution in [2.75, 3.05) is 33.3 Å². The Hall–Kier alpha value is -0.480. The number of nitrogens with one attached hydrogen (secondary N) is 1. The van der Waals surface area contributed by atoms with E-state index >= 15 is 0 Å². The molecule has 1 N–H and O–H groups in total. The maximum atomic E-state index is 6.11. The molecule has 0 spiro atoms. The van der Waals surface area contributed by atoms with Crippen LogP contribution in [0.3, 0.4) is 0 Å². The standard InChI is InChI=1S/C15H24Cl2N2O/c1-4-19(5-2)8-6-7-18-11-12-9-13(16)10-14(17)15(12)20-3/h9-10,18H,4-8,11H2,1-3H3. The summed E-state index contributed by atoms with van der Waals surface area (Å²) in [4.78, 5) is 2.42. The largest absolute Gasteiger partial charge is 0.495 e. The first-order chi connectivity index (χ1) is 9.62. The third-order valence-corrected chi connectivity index (χ3v) is 3.83. The first-order valence-electron chi connectivity index (χ1n) is 7.07. The van der Waals surface area contributed by atoms with Gasteiger partial charge in [-0.2, -0.15) is 0 Å². The topological polar surface area (TPSA) is 24.5 Å². The Labute approximate surface area is 132 Å². The zero-order valence-electron chi connectivity index (χ0n) is 12.5. The van der Waals surface area contributed by atoms with Gasteiger partial charge in [-0.25, -0.2) is 0 Å². The average molecular weight is 319 g/mol. The Morgan fingerprint density at radius 2 is 1.90 bits per heavy atom. The molecule has 5 heteroatoms. The van der Waals surface area contributed by atoms with Crippen LogP contribution in [-0.4, -0.2) is 38.2 Å². The van der Waals surface area contributed by atoms with Crippen molar-refractivity contribution in [3.8, 4) is 5.75 Å². The smallest absolute Gasteiger partial charge is 0.142 e. The van der Waals surface area contributed by atoms with E-state index in [1.165, 1.54) is 0 Å². The van der Waals surface area contributed by atoms with E-state index in [1.54, 1.807) is 13.2 Å². The molecule has 0 saturated carbocycles. The van der Waals surface area contributed by atoms with Gasteiger partial charge in [-0.3, -0.25) is 0 Å². The molecule has 0 radical (unpaired) electrons. The third kappa shape index (κ3) is 5.49. The Kier molecular flexibility index (Phi) is 8.31. The first kappa shape index (κ1) is 17.6. The number of hydrogen-bond donors (Lipinski definition) is 1. The molecule has 0 amide bonds. The summed E-state index contributed by atoms with van der Waals surface area (Å²) in [5.41, 5.74) is 0.993. The lowest BCUT2D eigenvalue weighted by molar-refractivity contribution is 0.298. The number of hydrogen-bond acceptors (Lipinski definition) is 3. The van der Waals surface area contributed by atoms with Gasteiger partial charge in [0, 0.05) is 17.1 Å². The summed E-state index contributed by atoms with van der Waals surface area (Å²) < 4.78 is 5.32. The van der Waals surface area contributed by atoms with E-state index in [4.69, 9.17) is 27.9 Å². The zero-order chi connectivity index (χ0) is 15.0. The minimum absolute atomic E-state index is 0.556. The van der Waals surface area contributed by atoms with E-state index in [0.717, 1.165) is 38.2 Å². The van der Waals surface area contributed by atoms with Crippen LogP contribution in [-0.2, 0) is 6.54 Å². The molecule has 3 nitrogen and oxygen atoms in total. The molecule has 0 aliphatic rings. The zero-order valence-corrected chi connectivity index (χ0v) is 14.0. The van der Waals surface area contributed by atoms with Gasteiger partial charge in [0.25, 0.3) is 0 Å². The minimum atomic E-state index is 0.556. The molecule has 1 aromatic carbocycles. The summed E-state index contributed by atoms with van der Waals surface area (Å²) in [5, 5.41) is 4.60. The summed E-state index contributed by atoms with van der Waals surface area (Å²) in [5.74, 6) is 0.701. The SMILES string of the molecule is CCN(CC)CCCNCc1cc(Cl)cc(Cl)c1OC. The molecule has 0 atom stereocenters. The van der Waals surface area contributed by atoms with Crippen molar-refractivity contribution in [3.05, 3.63) is 27.7 Å². The molecule has 0 fully saturated rings. The molecular formula is C15H24Cl2N2O. The van der Waals surface area contributed by atoms with Crippen LogP contribution in [0.25, 0.3) is 0 Å². The van der Waals surface area contributed by atoms with Crippen LogP contribution in [0.15, 0.2) is 12.1 Å². The van der Waals surface area contributed by atoms with Gasteiger partial charge >= 0.3 is 0 Å². The molecule has 0 aliphatic carbocycles. The van der Waals surface area contributed by atoms with E-state index in [9.17, 15) is 0 Å². The highest BCUT2D eigenvalue weighted by atomic mass is 35.5. The summed E-state index contributed by atoms with van der Waals surface area (Å²) in [6.45, 7) is 9.38.